The van der Waals surface area contributed by atoms with Crippen LogP contribution in [0.5, 0.6) is 0 Å². The maximum absolute atomic E-state index is 10.9. The summed E-state index contributed by atoms with van der Waals surface area (Å²) in [6.45, 7) is 5.35. The molecular formula is C16H19NO3. The molecule has 2 aromatic rings. The third-order valence-electron chi connectivity index (χ3n) is 3.25. The average molecular weight is 273 g/mol. The fourth-order valence-corrected chi connectivity index (χ4v) is 2.19. The largest absolute Gasteiger partial charge is 0.478 e. The van der Waals surface area contributed by atoms with Crippen molar-refractivity contribution in [3.63, 3.8) is 0 Å². The monoisotopic (exact) mass is 273 g/mol. The van der Waals surface area contributed by atoms with Gasteiger partial charge >= 0.3 is 5.97 Å². The molecule has 0 aliphatic rings. The summed E-state index contributed by atoms with van der Waals surface area (Å²) < 4.78 is 5.55. The highest BCUT2D eigenvalue weighted by atomic mass is 16.4. The number of furan rings is 1. The van der Waals surface area contributed by atoms with E-state index in [4.69, 9.17) is 9.52 Å². The molecule has 0 bridgehead atoms. The van der Waals surface area contributed by atoms with Crippen molar-refractivity contribution in [1.29, 1.82) is 0 Å². The Morgan fingerprint density at radius 1 is 1.20 bits per heavy atom. The van der Waals surface area contributed by atoms with Crippen LogP contribution in [-0.4, -0.2) is 23.0 Å². The van der Waals surface area contributed by atoms with Crippen molar-refractivity contribution >= 4 is 5.97 Å². The second-order valence-electron chi connectivity index (χ2n) is 5.13. The number of carbonyl (C=O) groups is 1. The van der Waals surface area contributed by atoms with E-state index < -0.39 is 5.97 Å². The van der Waals surface area contributed by atoms with Crippen LogP contribution in [-0.2, 0) is 13.1 Å². The molecule has 0 fully saturated rings. The summed E-state index contributed by atoms with van der Waals surface area (Å²) in [5.41, 5.74) is 2.45. The molecule has 0 unspecified atom stereocenters. The van der Waals surface area contributed by atoms with Crippen molar-refractivity contribution in [2.45, 2.75) is 26.9 Å². The Hall–Kier alpha value is -2.07. The first kappa shape index (κ1) is 14.3. The van der Waals surface area contributed by atoms with Crippen LogP contribution in [0.2, 0.25) is 0 Å². The summed E-state index contributed by atoms with van der Waals surface area (Å²) in [5.74, 6) is 0.958. The number of carboxylic acid groups (broad SMARTS) is 1. The first-order valence-electron chi connectivity index (χ1n) is 6.52. The molecule has 4 nitrogen and oxygen atoms in total. The van der Waals surface area contributed by atoms with E-state index in [0.29, 0.717) is 5.56 Å². The quantitative estimate of drug-likeness (QED) is 0.908. The van der Waals surface area contributed by atoms with Crippen molar-refractivity contribution < 1.29 is 14.3 Å². The zero-order chi connectivity index (χ0) is 14.7. The molecule has 0 amide bonds. The second kappa shape index (κ2) is 5.92. The van der Waals surface area contributed by atoms with Crippen molar-refractivity contribution in [3.8, 4) is 0 Å². The molecule has 0 atom stereocenters. The predicted molar refractivity (Wildman–Crippen MR) is 76.8 cm³/mol. The third kappa shape index (κ3) is 3.48. The van der Waals surface area contributed by atoms with Gasteiger partial charge in [0.2, 0.25) is 0 Å². The standard InChI is InChI=1S/C16H19NO3/c1-11-8-13(16(18)19)5-6-14(11)9-17(3)10-15-7-4-12(2)20-15/h4-8H,9-10H2,1-3H3,(H,18,19). The highest BCUT2D eigenvalue weighted by Crippen LogP contribution is 2.15. The third-order valence-corrected chi connectivity index (χ3v) is 3.25. The zero-order valence-electron chi connectivity index (χ0n) is 12.0. The number of aryl methyl sites for hydroxylation is 2. The molecule has 0 spiro atoms. The topological polar surface area (TPSA) is 53.7 Å². The average Bonchev–Trinajstić information content (AvgIpc) is 2.77. The summed E-state index contributed by atoms with van der Waals surface area (Å²) in [6.07, 6.45) is 0. The Bertz CT molecular complexity index is 616. The first-order chi connectivity index (χ1) is 9.45. The number of nitrogens with zero attached hydrogens (tertiary/aromatic N) is 1. The van der Waals surface area contributed by atoms with Crippen LogP contribution < -0.4 is 0 Å². The summed E-state index contributed by atoms with van der Waals surface area (Å²) in [7, 11) is 2.02. The lowest BCUT2D eigenvalue weighted by Crippen LogP contribution is -2.17. The minimum absolute atomic E-state index is 0.329. The van der Waals surface area contributed by atoms with Crippen LogP contribution in [0.3, 0.4) is 0 Å². The Labute approximate surface area is 118 Å². The van der Waals surface area contributed by atoms with Gasteiger partial charge in [0.1, 0.15) is 11.5 Å². The Balaban J connectivity index is 2.04. The zero-order valence-corrected chi connectivity index (χ0v) is 12.0. The fourth-order valence-electron chi connectivity index (χ4n) is 2.19. The van der Waals surface area contributed by atoms with E-state index in [1.165, 1.54) is 0 Å². The molecule has 1 N–H and O–H groups in total. The molecule has 20 heavy (non-hydrogen) atoms. The van der Waals surface area contributed by atoms with Crippen LogP contribution in [0.4, 0.5) is 0 Å². The summed E-state index contributed by atoms with van der Waals surface area (Å²) in [6, 6.07) is 9.17. The minimum atomic E-state index is -0.890. The molecule has 2 rings (SSSR count). The first-order valence-corrected chi connectivity index (χ1v) is 6.52. The Morgan fingerprint density at radius 3 is 2.50 bits per heavy atom. The van der Waals surface area contributed by atoms with Crippen LogP contribution in [0.15, 0.2) is 34.7 Å². The summed E-state index contributed by atoms with van der Waals surface area (Å²) in [4.78, 5) is 13.0. The highest BCUT2D eigenvalue weighted by molar-refractivity contribution is 5.87. The molecule has 1 heterocycles. The predicted octanol–water partition coefficient (Wildman–Crippen LogP) is 3.23. The van der Waals surface area contributed by atoms with Crippen LogP contribution >= 0.6 is 0 Å². The number of hydrogen-bond donors (Lipinski definition) is 1. The second-order valence-corrected chi connectivity index (χ2v) is 5.13. The summed E-state index contributed by atoms with van der Waals surface area (Å²) >= 11 is 0. The van der Waals surface area contributed by atoms with Gasteiger partial charge < -0.3 is 9.52 Å². The van der Waals surface area contributed by atoms with E-state index in [1.807, 2.05) is 39.1 Å². The Morgan fingerprint density at radius 2 is 1.95 bits per heavy atom. The van der Waals surface area contributed by atoms with Crippen molar-refractivity contribution in [3.05, 3.63) is 58.5 Å². The number of hydrogen-bond acceptors (Lipinski definition) is 3. The molecule has 0 saturated carbocycles. The van der Waals surface area contributed by atoms with Crippen molar-refractivity contribution in [2.75, 3.05) is 7.05 Å². The van der Waals surface area contributed by atoms with Gasteiger partial charge in [-0.1, -0.05) is 6.07 Å². The molecule has 0 aliphatic heterocycles. The maximum atomic E-state index is 10.9. The van der Waals surface area contributed by atoms with Crippen LogP contribution in [0.25, 0.3) is 0 Å². The van der Waals surface area contributed by atoms with Gasteiger partial charge in [0.25, 0.3) is 0 Å². The van der Waals surface area contributed by atoms with E-state index in [-0.39, 0.29) is 0 Å². The molecule has 0 radical (unpaired) electrons. The van der Waals surface area contributed by atoms with Crippen molar-refractivity contribution in [2.24, 2.45) is 0 Å². The molecular weight excluding hydrogens is 254 g/mol. The van der Waals surface area contributed by atoms with Gasteiger partial charge in [0, 0.05) is 6.54 Å². The normalized spacial score (nSPS) is 11.0. The highest BCUT2D eigenvalue weighted by Gasteiger charge is 2.09. The smallest absolute Gasteiger partial charge is 0.335 e. The van der Waals surface area contributed by atoms with Gasteiger partial charge in [0.05, 0.1) is 12.1 Å². The molecule has 106 valence electrons. The summed E-state index contributed by atoms with van der Waals surface area (Å²) in [5, 5.41) is 8.96. The molecule has 4 heteroatoms. The van der Waals surface area contributed by atoms with E-state index in [9.17, 15) is 4.79 Å². The van der Waals surface area contributed by atoms with E-state index >= 15 is 0 Å². The molecule has 0 saturated heterocycles. The minimum Gasteiger partial charge on any atom is -0.478 e. The number of carboxylic acids is 1. The van der Waals surface area contributed by atoms with Gasteiger partial charge in [0.15, 0.2) is 0 Å². The lowest BCUT2D eigenvalue weighted by Gasteiger charge is -2.17. The SMILES string of the molecule is Cc1ccc(CN(C)Cc2ccc(C(=O)O)cc2C)o1. The van der Waals surface area contributed by atoms with Gasteiger partial charge in [-0.15, -0.1) is 0 Å². The fraction of sp³-hybridized carbons (Fsp3) is 0.312. The van der Waals surface area contributed by atoms with Crippen LogP contribution in [0, 0.1) is 13.8 Å². The number of aromatic carboxylic acids is 1. The number of rotatable bonds is 5. The van der Waals surface area contributed by atoms with Gasteiger partial charge in [-0.3, -0.25) is 4.90 Å². The molecule has 1 aromatic heterocycles. The van der Waals surface area contributed by atoms with Gasteiger partial charge in [-0.05, 0) is 56.3 Å². The van der Waals surface area contributed by atoms with E-state index in [0.717, 1.165) is 35.7 Å². The molecule has 0 aliphatic carbocycles. The molecule has 1 aromatic carbocycles. The van der Waals surface area contributed by atoms with Crippen LogP contribution in [0.1, 0.15) is 33.0 Å². The lowest BCUT2D eigenvalue weighted by atomic mass is 10.0. The number of benzene rings is 1. The Kier molecular flexibility index (Phi) is 4.25. The van der Waals surface area contributed by atoms with Gasteiger partial charge in [-0.2, -0.15) is 0 Å². The van der Waals surface area contributed by atoms with Crippen molar-refractivity contribution in [1.82, 2.24) is 4.90 Å². The van der Waals surface area contributed by atoms with E-state index in [2.05, 4.69) is 4.90 Å². The van der Waals surface area contributed by atoms with E-state index in [1.54, 1.807) is 12.1 Å². The van der Waals surface area contributed by atoms with Gasteiger partial charge in [-0.25, -0.2) is 4.79 Å². The maximum Gasteiger partial charge on any atom is 0.335 e. The lowest BCUT2D eigenvalue weighted by molar-refractivity contribution is 0.0696.